The number of carbonyl (C=O) groups excluding carboxylic acids is 3. The zero-order valence-electron chi connectivity index (χ0n) is 23.5. The van der Waals surface area contributed by atoms with Crippen molar-refractivity contribution in [1.29, 1.82) is 0 Å². The van der Waals surface area contributed by atoms with Crippen molar-refractivity contribution in [3.8, 4) is 5.75 Å². The maximum absolute atomic E-state index is 13.5. The fourth-order valence-electron chi connectivity index (χ4n) is 4.86. The molecule has 6 atom stereocenters. The van der Waals surface area contributed by atoms with Crippen molar-refractivity contribution in [3.63, 3.8) is 0 Å². The van der Waals surface area contributed by atoms with Crippen LogP contribution < -0.4 is 20.7 Å². The van der Waals surface area contributed by atoms with Crippen LogP contribution in [0.5, 0.6) is 5.75 Å². The SMILES string of the molecule is CC1CNC(C2CC2)C(=O)N(C)C(C)C(=O)NC(Cc2ccc(F)cc2)C(=O)NCC(O)C(O)c2ccccc2O1. The fraction of sp³-hybridized carbons (Fsp3) is 0.500. The van der Waals surface area contributed by atoms with E-state index in [9.17, 15) is 29.0 Å². The molecule has 0 bridgehead atoms. The molecule has 0 radical (unpaired) electrons. The molecule has 4 rings (SSSR count). The average Bonchev–Trinajstić information content (AvgIpc) is 3.80. The number of halogens is 1. The number of likely N-dealkylation sites (N-methyl/N-ethyl adjacent to an activating group) is 1. The van der Waals surface area contributed by atoms with Crippen LogP contribution in [0.1, 0.15) is 43.9 Å². The van der Waals surface area contributed by atoms with Crippen molar-refractivity contribution in [3.05, 3.63) is 65.5 Å². The Labute approximate surface area is 239 Å². The molecule has 222 valence electrons. The highest BCUT2D eigenvalue weighted by atomic mass is 19.1. The first-order chi connectivity index (χ1) is 19.5. The van der Waals surface area contributed by atoms with Crippen LogP contribution in [0.3, 0.4) is 0 Å². The number of hydrogen-bond donors (Lipinski definition) is 5. The average molecular weight is 571 g/mol. The second-order valence-corrected chi connectivity index (χ2v) is 11.0. The van der Waals surface area contributed by atoms with E-state index < -0.39 is 48.0 Å². The number of aliphatic hydroxyl groups excluding tert-OH is 2. The standard InChI is InChI=1S/C30H39FN4O6/c1-17-15-32-26(20-10-11-20)30(40)35(3)18(2)28(38)34-23(14-19-8-12-21(31)13-9-19)29(39)33-16-24(36)27(37)22-6-4-5-7-25(22)41-17/h4-9,12-13,17-18,20,23-24,26-27,32,36-37H,10-11,14-16H2,1-3H3,(H,33,39)(H,34,38). The van der Waals surface area contributed by atoms with Gasteiger partial charge in [-0.25, -0.2) is 4.39 Å². The van der Waals surface area contributed by atoms with E-state index in [-0.39, 0.29) is 30.9 Å². The lowest BCUT2D eigenvalue weighted by Crippen LogP contribution is -2.57. The van der Waals surface area contributed by atoms with Gasteiger partial charge in [0.05, 0.1) is 6.04 Å². The molecular formula is C30H39FN4O6. The largest absolute Gasteiger partial charge is 0.489 e. The number of amides is 3. The maximum Gasteiger partial charge on any atom is 0.243 e. The molecule has 1 heterocycles. The number of para-hydroxylation sites is 1. The number of carbonyl (C=O) groups is 3. The van der Waals surface area contributed by atoms with Crippen LogP contribution in [0.2, 0.25) is 0 Å². The minimum Gasteiger partial charge on any atom is -0.489 e. The molecule has 2 aromatic rings. The summed E-state index contributed by atoms with van der Waals surface area (Å²) in [4.78, 5) is 41.4. The highest BCUT2D eigenvalue weighted by Crippen LogP contribution is 2.34. The minimum absolute atomic E-state index is 0.0434. The number of nitrogens with one attached hydrogen (secondary N) is 3. The number of nitrogens with zero attached hydrogens (tertiary/aromatic N) is 1. The third kappa shape index (κ3) is 7.81. The lowest BCUT2D eigenvalue weighted by molar-refractivity contribution is -0.141. The van der Waals surface area contributed by atoms with E-state index in [1.165, 1.54) is 29.2 Å². The van der Waals surface area contributed by atoms with E-state index in [1.54, 1.807) is 38.2 Å². The number of fused-ring (bicyclic) bond motifs is 1. The van der Waals surface area contributed by atoms with Gasteiger partial charge < -0.3 is 35.8 Å². The first kappa shape index (κ1) is 30.4. The summed E-state index contributed by atoms with van der Waals surface area (Å²) in [7, 11) is 1.56. The molecular weight excluding hydrogens is 531 g/mol. The predicted molar refractivity (Wildman–Crippen MR) is 149 cm³/mol. The van der Waals surface area contributed by atoms with Crippen molar-refractivity contribution in [2.45, 2.75) is 69.5 Å². The van der Waals surface area contributed by atoms with Crippen LogP contribution in [0.15, 0.2) is 48.5 Å². The Balaban J connectivity index is 1.62. The van der Waals surface area contributed by atoms with Crippen LogP contribution in [-0.4, -0.2) is 83.3 Å². The van der Waals surface area contributed by atoms with Crippen LogP contribution in [0.4, 0.5) is 4.39 Å². The predicted octanol–water partition coefficient (Wildman–Crippen LogP) is 1.06. The first-order valence-corrected chi connectivity index (χ1v) is 14.0. The summed E-state index contributed by atoms with van der Waals surface area (Å²) >= 11 is 0. The van der Waals surface area contributed by atoms with Crippen LogP contribution >= 0.6 is 0 Å². The van der Waals surface area contributed by atoms with Crippen LogP contribution in [0, 0.1) is 11.7 Å². The molecule has 1 fully saturated rings. The van der Waals surface area contributed by atoms with Crippen LogP contribution in [0.25, 0.3) is 0 Å². The van der Waals surface area contributed by atoms with E-state index in [0.717, 1.165) is 12.8 Å². The molecule has 2 aliphatic rings. The Kier molecular flexibility index (Phi) is 9.95. The van der Waals surface area contributed by atoms with Crippen molar-refractivity contribution in [2.75, 3.05) is 20.1 Å². The van der Waals surface area contributed by atoms with Crippen molar-refractivity contribution in [1.82, 2.24) is 20.9 Å². The summed E-state index contributed by atoms with van der Waals surface area (Å²) in [6, 6.07) is 9.84. The Hall–Kier alpha value is -3.54. The Morgan fingerprint density at radius 1 is 0.976 bits per heavy atom. The van der Waals surface area contributed by atoms with Gasteiger partial charge in [-0.1, -0.05) is 30.3 Å². The first-order valence-electron chi connectivity index (χ1n) is 14.0. The zero-order chi connectivity index (χ0) is 29.7. The molecule has 1 saturated carbocycles. The highest BCUT2D eigenvalue weighted by molar-refractivity contribution is 5.93. The fourth-order valence-corrected chi connectivity index (χ4v) is 4.86. The third-order valence-electron chi connectivity index (χ3n) is 7.69. The zero-order valence-corrected chi connectivity index (χ0v) is 23.5. The Bertz CT molecular complexity index is 1220. The minimum atomic E-state index is -1.37. The van der Waals surface area contributed by atoms with Gasteiger partial charge in [0.15, 0.2) is 0 Å². The van der Waals surface area contributed by atoms with E-state index in [1.807, 2.05) is 6.92 Å². The number of ether oxygens (including phenoxy) is 1. The molecule has 5 N–H and O–H groups in total. The van der Waals surface area contributed by atoms with Gasteiger partial charge in [0.25, 0.3) is 0 Å². The molecule has 2 aromatic carbocycles. The smallest absolute Gasteiger partial charge is 0.243 e. The molecule has 1 aliphatic heterocycles. The molecule has 11 heteroatoms. The van der Waals surface area contributed by atoms with Crippen molar-refractivity contribution in [2.24, 2.45) is 5.92 Å². The van der Waals surface area contributed by atoms with Gasteiger partial charge in [0.1, 0.15) is 42.0 Å². The van der Waals surface area contributed by atoms with E-state index in [4.69, 9.17) is 4.74 Å². The molecule has 6 unspecified atom stereocenters. The normalized spacial score (nSPS) is 28.9. The monoisotopic (exact) mass is 570 g/mol. The van der Waals surface area contributed by atoms with E-state index >= 15 is 0 Å². The third-order valence-corrected chi connectivity index (χ3v) is 7.69. The number of rotatable bonds is 3. The Morgan fingerprint density at radius 2 is 1.66 bits per heavy atom. The van der Waals surface area contributed by atoms with Crippen molar-refractivity contribution >= 4 is 17.7 Å². The lowest BCUT2D eigenvalue weighted by Gasteiger charge is -2.31. The summed E-state index contributed by atoms with van der Waals surface area (Å²) in [5.74, 6) is -1.30. The molecule has 3 amide bonds. The topological polar surface area (TPSA) is 140 Å². The van der Waals surface area contributed by atoms with E-state index in [0.29, 0.717) is 23.4 Å². The second kappa shape index (κ2) is 13.4. The van der Waals surface area contributed by atoms with Gasteiger partial charge in [-0.05, 0) is 56.4 Å². The van der Waals surface area contributed by atoms with Gasteiger partial charge in [0, 0.05) is 32.1 Å². The highest BCUT2D eigenvalue weighted by Gasteiger charge is 2.40. The number of β-amino-alcohol motifs (C(OH)–C–C–N with tert-alkyl or cyclic N) is 1. The summed E-state index contributed by atoms with van der Waals surface area (Å²) in [6.07, 6.45) is -1.31. The van der Waals surface area contributed by atoms with Gasteiger partial charge in [-0.3, -0.25) is 14.4 Å². The molecule has 41 heavy (non-hydrogen) atoms. The van der Waals surface area contributed by atoms with Gasteiger partial charge in [0.2, 0.25) is 17.7 Å². The summed E-state index contributed by atoms with van der Waals surface area (Å²) in [5, 5.41) is 30.3. The van der Waals surface area contributed by atoms with Gasteiger partial charge in [-0.15, -0.1) is 0 Å². The second-order valence-electron chi connectivity index (χ2n) is 11.0. The van der Waals surface area contributed by atoms with Gasteiger partial charge >= 0.3 is 0 Å². The number of hydrogen-bond acceptors (Lipinski definition) is 7. The Morgan fingerprint density at radius 3 is 2.34 bits per heavy atom. The molecule has 0 spiro atoms. The summed E-state index contributed by atoms with van der Waals surface area (Å²) in [6.45, 7) is 3.45. The van der Waals surface area contributed by atoms with Crippen LogP contribution in [-0.2, 0) is 20.8 Å². The number of benzene rings is 2. The summed E-state index contributed by atoms with van der Waals surface area (Å²) < 4.78 is 19.6. The van der Waals surface area contributed by atoms with Gasteiger partial charge in [-0.2, -0.15) is 0 Å². The van der Waals surface area contributed by atoms with Crippen molar-refractivity contribution < 1.29 is 33.7 Å². The molecule has 1 aliphatic carbocycles. The quantitative estimate of drug-likeness (QED) is 0.372. The van der Waals surface area contributed by atoms with E-state index in [2.05, 4.69) is 16.0 Å². The summed E-state index contributed by atoms with van der Waals surface area (Å²) in [5.41, 5.74) is 0.951. The maximum atomic E-state index is 13.5. The molecule has 10 nitrogen and oxygen atoms in total. The molecule has 0 saturated heterocycles. The number of aliphatic hydroxyl groups is 2. The molecule has 0 aromatic heterocycles. The lowest BCUT2D eigenvalue weighted by atomic mass is 10.0.